The van der Waals surface area contributed by atoms with E-state index in [0.29, 0.717) is 47.3 Å². The number of likely N-dealkylation sites (N-methyl/N-ethyl adjacent to an activating group) is 1. The molecule has 0 aromatic heterocycles. The van der Waals surface area contributed by atoms with E-state index in [1.165, 1.54) is 14.2 Å². The minimum Gasteiger partial charge on any atom is -0.494 e. The fourth-order valence-corrected chi connectivity index (χ4v) is 3.85. The number of rotatable bonds is 10. The lowest BCUT2D eigenvalue weighted by Crippen LogP contribution is -2.32. The topological polar surface area (TPSA) is 98.4 Å². The summed E-state index contributed by atoms with van der Waals surface area (Å²) >= 11 is 0. The third-order valence-electron chi connectivity index (χ3n) is 5.74. The van der Waals surface area contributed by atoms with Crippen molar-refractivity contribution in [3.63, 3.8) is 0 Å². The number of hydrogen-bond acceptors (Lipinski definition) is 7. The maximum absolute atomic E-state index is 12.9. The van der Waals surface area contributed by atoms with Gasteiger partial charge in [-0.05, 0) is 36.4 Å². The van der Waals surface area contributed by atoms with Crippen LogP contribution in [-0.2, 0) is 11.3 Å². The predicted octanol–water partition coefficient (Wildman–Crippen LogP) is 4.15. The lowest BCUT2D eigenvalue weighted by atomic mass is 10.2. The number of carbonyl (C=O) groups excluding carboxylic acids is 2. The van der Waals surface area contributed by atoms with Gasteiger partial charge >= 0.3 is 0 Å². The molecule has 1 heterocycles. The molecule has 0 fully saturated rings. The molecule has 0 atom stereocenters. The molecule has 4 rings (SSSR count). The summed E-state index contributed by atoms with van der Waals surface area (Å²) in [6, 6.07) is 17.9. The van der Waals surface area contributed by atoms with Crippen molar-refractivity contribution in [3.05, 3.63) is 71.8 Å². The number of amides is 2. The largest absolute Gasteiger partial charge is 0.494 e. The Bertz CT molecular complexity index is 1230. The highest BCUT2D eigenvalue weighted by Gasteiger charge is 2.19. The first kappa shape index (κ1) is 24.9. The van der Waals surface area contributed by atoms with Crippen LogP contribution in [0.3, 0.4) is 0 Å². The molecule has 9 nitrogen and oxygen atoms in total. The third kappa shape index (κ3) is 5.87. The summed E-state index contributed by atoms with van der Waals surface area (Å²) in [6.45, 7) is 3.63. The lowest BCUT2D eigenvalue weighted by molar-refractivity contribution is -0.117. The van der Waals surface area contributed by atoms with Crippen LogP contribution in [-0.4, -0.2) is 50.8 Å². The molecular formula is C27H29N3O6. The number of ether oxygens (including phenoxy) is 4. The Morgan fingerprint density at radius 1 is 0.889 bits per heavy atom. The zero-order valence-corrected chi connectivity index (χ0v) is 20.5. The second-order valence-electron chi connectivity index (χ2n) is 8.11. The number of fused-ring (bicyclic) bond motifs is 1. The lowest BCUT2D eigenvalue weighted by Gasteiger charge is -2.21. The molecule has 2 N–H and O–H groups in total. The number of benzene rings is 3. The minimum absolute atomic E-state index is 0.170. The molecular weight excluding hydrogens is 462 g/mol. The van der Waals surface area contributed by atoms with Gasteiger partial charge in [-0.2, -0.15) is 0 Å². The molecule has 1 aliphatic heterocycles. The molecule has 0 radical (unpaired) electrons. The van der Waals surface area contributed by atoms with Crippen molar-refractivity contribution in [2.75, 3.05) is 44.7 Å². The first-order valence-electron chi connectivity index (χ1n) is 11.5. The quantitative estimate of drug-likeness (QED) is 0.440. The molecule has 2 amide bonds. The van der Waals surface area contributed by atoms with Crippen LogP contribution in [0.1, 0.15) is 22.8 Å². The van der Waals surface area contributed by atoms with Crippen LogP contribution in [0.2, 0.25) is 0 Å². The Morgan fingerprint density at radius 3 is 2.22 bits per heavy atom. The van der Waals surface area contributed by atoms with E-state index in [1.54, 1.807) is 36.4 Å². The first-order chi connectivity index (χ1) is 17.5. The van der Waals surface area contributed by atoms with Crippen LogP contribution in [0.5, 0.6) is 23.0 Å². The summed E-state index contributed by atoms with van der Waals surface area (Å²) in [6.07, 6.45) is 0. The highest BCUT2D eigenvalue weighted by Crippen LogP contribution is 2.37. The Hall–Kier alpha value is -4.24. The van der Waals surface area contributed by atoms with Gasteiger partial charge in [-0.15, -0.1) is 0 Å². The normalized spacial score (nSPS) is 11.8. The van der Waals surface area contributed by atoms with E-state index in [0.717, 1.165) is 11.3 Å². The van der Waals surface area contributed by atoms with Gasteiger partial charge in [0.2, 0.25) is 12.7 Å². The smallest absolute Gasteiger partial charge is 0.255 e. The van der Waals surface area contributed by atoms with Crippen molar-refractivity contribution >= 4 is 23.2 Å². The number of carbonyl (C=O) groups is 2. The van der Waals surface area contributed by atoms with Gasteiger partial charge < -0.3 is 29.6 Å². The second-order valence-corrected chi connectivity index (χ2v) is 8.11. The standard InChI is InChI=1S/C27H29N3O6/c1-4-30(15-18-10-11-22-25(12-18)36-17-35-22)16-26(31)28-20-13-24(34-3)21(14-23(20)33-2)29-27(32)19-8-6-5-7-9-19/h5-14H,4,15-17H2,1-3H3,(H,28,31)(H,29,32). The number of nitrogens with one attached hydrogen (secondary N) is 2. The zero-order chi connectivity index (χ0) is 25.5. The van der Waals surface area contributed by atoms with Crippen molar-refractivity contribution in [1.82, 2.24) is 4.90 Å². The third-order valence-corrected chi connectivity index (χ3v) is 5.74. The van der Waals surface area contributed by atoms with Gasteiger partial charge in [0.15, 0.2) is 11.5 Å². The summed E-state index contributed by atoms with van der Waals surface area (Å²) in [5.41, 5.74) is 2.40. The molecule has 1 aliphatic rings. The van der Waals surface area contributed by atoms with Crippen molar-refractivity contribution < 1.29 is 28.5 Å². The Balaban J connectivity index is 1.44. The summed E-state index contributed by atoms with van der Waals surface area (Å²) in [5, 5.41) is 5.73. The number of hydrogen-bond donors (Lipinski definition) is 2. The Morgan fingerprint density at radius 2 is 1.56 bits per heavy atom. The molecule has 3 aromatic carbocycles. The summed E-state index contributed by atoms with van der Waals surface area (Å²) in [5.74, 6) is 1.73. The SMILES string of the molecule is CCN(CC(=O)Nc1cc(OC)c(NC(=O)c2ccccc2)cc1OC)Cc1ccc2c(c1)OCO2. The number of methoxy groups -OCH3 is 2. The van der Waals surface area contributed by atoms with Gasteiger partial charge in [0.1, 0.15) is 11.5 Å². The Kier molecular flexibility index (Phi) is 7.92. The first-order valence-corrected chi connectivity index (χ1v) is 11.5. The minimum atomic E-state index is -0.283. The fraction of sp³-hybridized carbons (Fsp3) is 0.259. The number of anilines is 2. The molecule has 9 heteroatoms. The average molecular weight is 492 g/mol. The van der Waals surface area contributed by atoms with Gasteiger partial charge in [0.25, 0.3) is 5.91 Å². The number of nitrogens with zero attached hydrogens (tertiary/aromatic N) is 1. The van der Waals surface area contributed by atoms with E-state index < -0.39 is 0 Å². The van der Waals surface area contributed by atoms with Crippen molar-refractivity contribution in [2.24, 2.45) is 0 Å². The van der Waals surface area contributed by atoms with Gasteiger partial charge in [-0.3, -0.25) is 14.5 Å². The molecule has 3 aromatic rings. The van der Waals surface area contributed by atoms with Gasteiger partial charge in [-0.1, -0.05) is 31.2 Å². The highest BCUT2D eigenvalue weighted by atomic mass is 16.7. The van der Waals surface area contributed by atoms with E-state index in [2.05, 4.69) is 10.6 Å². The van der Waals surface area contributed by atoms with Crippen molar-refractivity contribution in [2.45, 2.75) is 13.5 Å². The fourth-order valence-electron chi connectivity index (χ4n) is 3.85. The molecule has 188 valence electrons. The van der Waals surface area contributed by atoms with Gasteiger partial charge in [0.05, 0.1) is 32.1 Å². The van der Waals surface area contributed by atoms with Crippen LogP contribution < -0.4 is 29.6 Å². The van der Waals surface area contributed by atoms with E-state index >= 15 is 0 Å². The molecule has 0 saturated heterocycles. The predicted molar refractivity (Wildman–Crippen MR) is 136 cm³/mol. The maximum Gasteiger partial charge on any atom is 0.255 e. The van der Waals surface area contributed by atoms with Crippen LogP contribution in [0.4, 0.5) is 11.4 Å². The second kappa shape index (κ2) is 11.5. The van der Waals surface area contributed by atoms with Crippen LogP contribution in [0.25, 0.3) is 0 Å². The van der Waals surface area contributed by atoms with Crippen LogP contribution in [0, 0.1) is 0 Å². The summed E-state index contributed by atoms with van der Waals surface area (Å²) in [7, 11) is 2.99. The van der Waals surface area contributed by atoms with Gasteiger partial charge in [0, 0.05) is 24.2 Å². The molecule has 0 bridgehead atoms. The van der Waals surface area contributed by atoms with E-state index in [-0.39, 0.29) is 25.2 Å². The van der Waals surface area contributed by atoms with Crippen molar-refractivity contribution in [3.8, 4) is 23.0 Å². The summed E-state index contributed by atoms with van der Waals surface area (Å²) < 4.78 is 21.8. The molecule has 0 saturated carbocycles. The maximum atomic E-state index is 12.9. The Labute approximate surface area is 209 Å². The van der Waals surface area contributed by atoms with E-state index in [4.69, 9.17) is 18.9 Å². The van der Waals surface area contributed by atoms with Crippen molar-refractivity contribution in [1.29, 1.82) is 0 Å². The average Bonchev–Trinajstić information content (AvgIpc) is 3.37. The molecule has 0 unspecified atom stereocenters. The van der Waals surface area contributed by atoms with Gasteiger partial charge in [-0.25, -0.2) is 0 Å². The van der Waals surface area contributed by atoms with E-state index in [1.807, 2.05) is 36.1 Å². The highest BCUT2D eigenvalue weighted by molar-refractivity contribution is 6.05. The summed E-state index contributed by atoms with van der Waals surface area (Å²) in [4.78, 5) is 27.5. The van der Waals surface area contributed by atoms with E-state index in [9.17, 15) is 9.59 Å². The molecule has 36 heavy (non-hydrogen) atoms. The monoisotopic (exact) mass is 491 g/mol. The molecule has 0 aliphatic carbocycles. The van der Waals surface area contributed by atoms with Crippen LogP contribution in [0.15, 0.2) is 60.7 Å². The van der Waals surface area contributed by atoms with Crippen LogP contribution >= 0.6 is 0 Å². The molecule has 0 spiro atoms. The zero-order valence-electron chi connectivity index (χ0n) is 20.5.